The fraction of sp³-hybridized carbons (Fsp3) is 0.476. The van der Waals surface area contributed by atoms with Crippen LogP contribution >= 0.6 is 0 Å². The summed E-state index contributed by atoms with van der Waals surface area (Å²) in [5.41, 5.74) is 1.11. The Hall–Kier alpha value is -0.526. The number of carbonyl (C=O) groups excluding carboxylic acids is 1. The number of hydrogen-bond acceptors (Lipinski definition) is 1. The first-order valence-corrected chi connectivity index (χ1v) is 8.59. The van der Waals surface area contributed by atoms with Crippen LogP contribution in [0.15, 0.2) is 42.5 Å². The number of ketones is 1. The third kappa shape index (κ3) is 3.61. The zero-order valence-corrected chi connectivity index (χ0v) is 16.4. The first-order valence-electron chi connectivity index (χ1n) is 8.59. The minimum atomic E-state index is -0.0142. The normalized spacial score (nSPS) is 34.9. The van der Waals surface area contributed by atoms with Gasteiger partial charge in [-0.3, -0.25) is 0 Å². The van der Waals surface area contributed by atoms with Crippen molar-refractivity contribution in [1.82, 2.24) is 0 Å². The zero-order valence-electron chi connectivity index (χ0n) is 13.6. The minimum Gasteiger partial charge on any atom is -0.309 e. The van der Waals surface area contributed by atoms with Gasteiger partial charge >= 0.3 is 0 Å². The van der Waals surface area contributed by atoms with Crippen LogP contribution in [0.4, 0.5) is 0 Å². The first kappa shape index (κ1) is 17.3. The number of benzene rings is 1. The van der Waals surface area contributed by atoms with Gasteiger partial charge in [0.1, 0.15) is 5.78 Å². The third-order valence-electron chi connectivity index (χ3n) is 5.94. The Kier molecular flexibility index (Phi) is 5.38. The molecular weight excluding hydrogens is 357 g/mol. The molecule has 4 saturated carbocycles. The molecule has 2 heteroatoms. The van der Waals surface area contributed by atoms with Gasteiger partial charge < -0.3 is 4.79 Å². The van der Waals surface area contributed by atoms with Crippen molar-refractivity contribution in [3.8, 4) is 0 Å². The molecule has 1 nitrogen and oxygen atoms in total. The molecule has 1 radical (unpaired) electrons. The summed E-state index contributed by atoms with van der Waals surface area (Å²) in [6.07, 6.45) is 16.3. The average molecular weight is 380 g/mol. The van der Waals surface area contributed by atoms with Crippen LogP contribution in [0.5, 0.6) is 0 Å². The zero-order chi connectivity index (χ0) is 15.0. The maximum atomic E-state index is 12.8. The second-order valence-corrected chi connectivity index (χ2v) is 7.62. The molecule has 0 amide bonds. The molecule has 23 heavy (non-hydrogen) atoms. The largest absolute Gasteiger partial charge is 0.309 e. The topological polar surface area (TPSA) is 17.1 Å². The van der Waals surface area contributed by atoms with E-state index >= 15 is 0 Å². The van der Waals surface area contributed by atoms with E-state index in [9.17, 15) is 4.79 Å². The molecule has 0 N–H and O–H groups in total. The summed E-state index contributed by atoms with van der Waals surface area (Å²) in [5.74, 6) is 2.84. The Bertz CT molecular complexity index is 579. The van der Waals surface area contributed by atoms with Crippen LogP contribution in [-0.2, 0) is 37.5 Å². The molecule has 4 aliphatic rings. The molecule has 1 aromatic rings. The van der Waals surface area contributed by atoms with Gasteiger partial charge in [-0.15, -0.1) is 23.8 Å². The van der Waals surface area contributed by atoms with Crippen LogP contribution in [0.3, 0.4) is 0 Å². The number of rotatable bonds is 4. The van der Waals surface area contributed by atoms with E-state index in [1.807, 2.05) is 42.5 Å². The molecule has 0 saturated heterocycles. The van der Waals surface area contributed by atoms with Crippen molar-refractivity contribution in [3.05, 3.63) is 54.1 Å². The summed E-state index contributed by atoms with van der Waals surface area (Å²) in [7, 11) is 0. The minimum absolute atomic E-state index is 0. The monoisotopic (exact) mass is 380 g/mol. The second kappa shape index (κ2) is 7.15. The molecule has 0 aromatic heterocycles. The summed E-state index contributed by atoms with van der Waals surface area (Å²) < 4.78 is 0. The van der Waals surface area contributed by atoms with Crippen molar-refractivity contribution >= 4 is 11.9 Å². The van der Waals surface area contributed by atoms with E-state index in [1.54, 1.807) is 6.08 Å². The van der Waals surface area contributed by atoms with Crippen molar-refractivity contribution in [2.45, 2.75) is 38.5 Å². The van der Waals surface area contributed by atoms with Gasteiger partial charge in [0.2, 0.25) is 0 Å². The van der Waals surface area contributed by atoms with Gasteiger partial charge in [-0.2, -0.15) is 18.2 Å². The van der Waals surface area contributed by atoms with Crippen molar-refractivity contribution in [3.63, 3.8) is 0 Å². The van der Waals surface area contributed by atoms with Crippen LogP contribution in [-0.4, -0.2) is 5.78 Å². The Morgan fingerprint density at radius 2 is 1.57 bits per heavy atom. The van der Waals surface area contributed by atoms with E-state index in [0.29, 0.717) is 5.78 Å². The number of hydrogen-bond donors (Lipinski definition) is 0. The van der Waals surface area contributed by atoms with Crippen LogP contribution in [0, 0.1) is 29.2 Å². The van der Waals surface area contributed by atoms with Gasteiger partial charge in [0.05, 0.1) is 0 Å². The summed E-state index contributed by atoms with van der Waals surface area (Å²) in [4.78, 5) is 12.8. The molecule has 4 aliphatic carbocycles. The predicted octanol–water partition coefficient (Wildman–Crippen LogP) is 4.84. The van der Waals surface area contributed by atoms with Crippen molar-refractivity contribution < 1.29 is 37.5 Å². The van der Waals surface area contributed by atoms with E-state index in [-0.39, 0.29) is 38.1 Å². The molecule has 5 rings (SSSR count). The standard InChI is InChI=1S/C21H23O.Y/c22-20(9-5-4-8-16-6-2-1-3-7-16)21-13-17-10-18(14-21)12-19(11-17)15-21;/h1-3,5-9,17-19H,10-15H2;/q-1;/b9-5+;. The molecule has 0 spiro atoms. The van der Waals surface area contributed by atoms with Crippen molar-refractivity contribution in [2.75, 3.05) is 0 Å². The molecule has 0 heterocycles. The molecule has 117 valence electrons. The van der Waals surface area contributed by atoms with Crippen LogP contribution < -0.4 is 0 Å². The molecule has 0 atom stereocenters. The van der Waals surface area contributed by atoms with E-state index in [4.69, 9.17) is 0 Å². The summed E-state index contributed by atoms with van der Waals surface area (Å²) in [5, 5.41) is 0. The van der Waals surface area contributed by atoms with Gasteiger partial charge in [0.15, 0.2) is 0 Å². The van der Waals surface area contributed by atoms with Gasteiger partial charge in [0, 0.05) is 38.1 Å². The average Bonchev–Trinajstić information content (AvgIpc) is 2.51. The molecule has 4 bridgehead atoms. The molecule has 0 aliphatic heterocycles. The number of allylic oxidation sites excluding steroid dienone is 3. The fourth-order valence-corrected chi connectivity index (χ4v) is 5.41. The molecule has 1 aromatic carbocycles. The van der Waals surface area contributed by atoms with Crippen molar-refractivity contribution in [1.29, 1.82) is 0 Å². The van der Waals surface area contributed by atoms with E-state index < -0.39 is 0 Å². The predicted molar refractivity (Wildman–Crippen MR) is 88.9 cm³/mol. The smallest absolute Gasteiger partial charge is 0.109 e. The molecule has 0 unspecified atom stereocenters. The third-order valence-corrected chi connectivity index (χ3v) is 5.94. The SMILES string of the molecule is O=C(/C=C/[C-]=Cc1ccccc1)C12CC3CC(CC(C3)C1)C2.[Y]. The van der Waals surface area contributed by atoms with E-state index in [0.717, 1.165) is 42.6 Å². The Balaban J connectivity index is 0.00000156. The quantitative estimate of drug-likeness (QED) is 0.415. The second-order valence-electron chi connectivity index (χ2n) is 7.62. The summed E-state index contributed by atoms with van der Waals surface area (Å²) >= 11 is 0. The fourth-order valence-electron chi connectivity index (χ4n) is 5.41. The Morgan fingerprint density at radius 1 is 1.00 bits per heavy atom. The Labute approximate surface area is 164 Å². The maximum Gasteiger partial charge on any atom is 0.109 e. The number of carbonyl (C=O) groups is 1. The maximum absolute atomic E-state index is 12.8. The van der Waals surface area contributed by atoms with Gasteiger partial charge in [0.25, 0.3) is 0 Å². The van der Waals surface area contributed by atoms with Gasteiger partial charge in [-0.25, -0.2) is 0 Å². The van der Waals surface area contributed by atoms with Crippen molar-refractivity contribution in [2.24, 2.45) is 23.2 Å². The van der Waals surface area contributed by atoms with Crippen LogP contribution in [0.2, 0.25) is 0 Å². The van der Waals surface area contributed by atoms with E-state index in [2.05, 4.69) is 6.08 Å². The first-order chi connectivity index (χ1) is 10.7. The summed E-state index contributed by atoms with van der Waals surface area (Å²) in [6, 6.07) is 10.1. The van der Waals surface area contributed by atoms with Crippen LogP contribution in [0.1, 0.15) is 44.1 Å². The van der Waals surface area contributed by atoms with E-state index in [1.165, 1.54) is 19.3 Å². The van der Waals surface area contributed by atoms with Gasteiger partial charge in [-0.05, 0) is 56.3 Å². The Morgan fingerprint density at radius 3 is 2.13 bits per heavy atom. The van der Waals surface area contributed by atoms with Gasteiger partial charge in [-0.1, -0.05) is 18.2 Å². The van der Waals surface area contributed by atoms with Crippen LogP contribution in [0.25, 0.3) is 6.08 Å². The molecular formula is C21H23OY-. The summed E-state index contributed by atoms with van der Waals surface area (Å²) in [6.45, 7) is 0. The molecule has 4 fully saturated rings.